The van der Waals surface area contributed by atoms with E-state index in [2.05, 4.69) is 5.32 Å². The molecule has 0 radical (unpaired) electrons. The van der Waals surface area contributed by atoms with Gasteiger partial charge in [-0.1, -0.05) is 11.6 Å². The van der Waals surface area contributed by atoms with E-state index in [1.54, 1.807) is 11.3 Å². The summed E-state index contributed by atoms with van der Waals surface area (Å²) in [6.45, 7) is 3.82. The van der Waals surface area contributed by atoms with E-state index in [0.717, 1.165) is 9.75 Å². The number of carboxylic acid groups (broad SMARTS) is 1. The molecule has 2 rings (SSSR count). The number of hydrogen-bond acceptors (Lipinski definition) is 3. The first-order valence-corrected chi connectivity index (χ1v) is 6.99. The maximum absolute atomic E-state index is 12.1. The molecule has 0 fully saturated rings. The highest BCUT2D eigenvalue weighted by atomic mass is 35.5. The normalized spacial score (nSPS) is 10.3. The van der Waals surface area contributed by atoms with Crippen LogP contribution in [0.5, 0.6) is 0 Å². The Bertz CT molecular complexity index is 694. The van der Waals surface area contributed by atoms with Crippen molar-refractivity contribution in [3.63, 3.8) is 0 Å². The molecule has 0 aliphatic rings. The molecule has 1 heterocycles. The largest absolute Gasteiger partial charge is 0.478 e. The van der Waals surface area contributed by atoms with Crippen molar-refractivity contribution in [1.29, 1.82) is 0 Å². The molecule has 1 aromatic heterocycles. The second-order valence-corrected chi connectivity index (χ2v) is 6.15. The summed E-state index contributed by atoms with van der Waals surface area (Å²) in [6, 6.07) is 6.13. The predicted octanol–water partition coefficient (Wildman–Crippen LogP) is 3.97. The highest BCUT2D eigenvalue weighted by Gasteiger charge is 2.14. The van der Waals surface area contributed by atoms with Crippen LogP contribution >= 0.6 is 22.9 Å². The van der Waals surface area contributed by atoms with E-state index >= 15 is 0 Å². The first-order chi connectivity index (χ1) is 9.38. The molecule has 0 aliphatic carbocycles. The number of aryl methyl sites for hydroxylation is 2. The topological polar surface area (TPSA) is 66.4 Å². The van der Waals surface area contributed by atoms with Crippen LogP contribution in [0.4, 0.5) is 5.69 Å². The fraction of sp³-hybridized carbons (Fsp3) is 0.143. The third-order valence-corrected chi connectivity index (χ3v) is 4.02. The highest BCUT2D eigenvalue weighted by molar-refractivity contribution is 7.12. The lowest BCUT2D eigenvalue weighted by atomic mass is 10.2. The van der Waals surface area contributed by atoms with Crippen molar-refractivity contribution in [2.75, 3.05) is 5.32 Å². The molecule has 1 amide bonds. The Morgan fingerprint density at radius 2 is 1.90 bits per heavy atom. The van der Waals surface area contributed by atoms with Crippen LogP contribution in [0.25, 0.3) is 0 Å². The number of anilines is 1. The molecule has 104 valence electrons. The lowest BCUT2D eigenvalue weighted by molar-refractivity contribution is 0.0697. The third-order valence-electron chi connectivity index (χ3n) is 2.74. The molecular weight excluding hydrogens is 298 g/mol. The van der Waals surface area contributed by atoms with E-state index in [9.17, 15) is 9.59 Å². The molecule has 6 heteroatoms. The minimum atomic E-state index is -1.10. The van der Waals surface area contributed by atoms with Gasteiger partial charge in [-0.15, -0.1) is 11.3 Å². The smallest absolute Gasteiger partial charge is 0.337 e. The standard InChI is InChI=1S/C14H12ClNO3S/c1-7-5-11(8(2)20-7)13(17)16-9-3-4-10(14(18)19)12(15)6-9/h3-6H,1-2H3,(H,16,17)(H,18,19). The second kappa shape index (κ2) is 5.64. The van der Waals surface area contributed by atoms with Crippen molar-refractivity contribution < 1.29 is 14.7 Å². The molecule has 2 N–H and O–H groups in total. The van der Waals surface area contributed by atoms with Gasteiger partial charge in [-0.2, -0.15) is 0 Å². The molecule has 4 nitrogen and oxygen atoms in total. The molecule has 20 heavy (non-hydrogen) atoms. The van der Waals surface area contributed by atoms with Crippen LogP contribution in [0, 0.1) is 13.8 Å². The van der Waals surface area contributed by atoms with Gasteiger partial charge in [0.25, 0.3) is 5.91 Å². The Morgan fingerprint density at radius 1 is 1.20 bits per heavy atom. The molecule has 2 aromatic rings. The second-order valence-electron chi connectivity index (χ2n) is 4.28. The number of rotatable bonds is 3. The first-order valence-electron chi connectivity index (χ1n) is 5.79. The van der Waals surface area contributed by atoms with Crippen molar-refractivity contribution in [2.24, 2.45) is 0 Å². The fourth-order valence-corrected chi connectivity index (χ4v) is 3.00. The Balaban J connectivity index is 2.22. The molecule has 0 saturated heterocycles. The number of benzene rings is 1. The summed E-state index contributed by atoms with van der Waals surface area (Å²) >= 11 is 7.41. The van der Waals surface area contributed by atoms with Crippen molar-refractivity contribution in [1.82, 2.24) is 0 Å². The SMILES string of the molecule is Cc1cc(C(=O)Nc2ccc(C(=O)O)c(Cl)c2)c(C)s1. The summed E-state index contributed by atoms with van der Waals surface area (Å²) < 4.78 is 0. The molecular formula is C14H12ClNO3S. The zero-order valence-corrected chi connectivity index (χ0v) is 12.4. The number of thiophene rings is 1. The number of carbonyl (C=O) groups excluding carboxylic acids is 1. The summed E-state index contributed by atoms with van der Waals surface area (Å²) in [6.07, 6.45) is 0. The van der Waals surface area contributed by atoms with Crippen molar-refractivity contribution in [3.8, 4) is 0 Å². The number of nitrogens with one attached hydrogen (secondary N) is 1. The predicted molar refractivity (Wildman–Crippen MR) is 80.2 cm³/mol. The lowest BCUT2D eigenvalue weighted by Gasteiger charge is -2.06. The summed E-state index contributed by atoms with van der Waals surface area (Å²) in [5.41, 5.74) is 1.09. The minimum Gasteiger partial charge on any atom is -0.478 e. The zero-order valence-electron chi connectivity index (χ0n) is 10.9. The van der Waals surface area contributed by atoms with Gasteiger partial charge in [0.1, 0.15) is 0 Å². The monoisotopic (exact) mass is 309 g/mol. The molecule has 0 bridgehead atoms. The number of hydrogen-bond donors (Lipinski definition) is 2. The average Bonchev–Trinajstić information content (AvgIpc) is 2.68. The quantitative estimate of drug-likeness (QED) is 0.901. The van der Waals surface area contributed by atoms with E-state index in [1.807, 2.05) is 19.9 Å². The van der Waals surface area contributed by atoms with Gasteiger partial charge in [0, 0.05) is 15.4 Å². The van der Waals surface area contributed by atoms with Gasteiger partial charge in [-0.3, -0.25) is 4.79 Å². The van der Waals surface area contributed by atoms with E-state index in [-0.39, 0.29) is 16.5 Å². The van der Waals surface area contributed by atoms with Crippen LogP contribution in [-0.4, -0.2) is 17.0 Å². The zero-order chi connectivity index (χ0) is 14.9. The van der Waals surface area contributed by atoms with E-state index in [4.69, 9.17) is 16.7 Å². The van der Waals surface area contributed by atoms with Crippen LogP contribution in [0.2, 0.25) is 5.02 Å². The van der Waals surface area contributed by atoms with Gasteiger partial charge in [0.15, 0.2) is 0 Å². The van der Waals surface area contributed by atoms with Gasteiger partial charge >= 0.3 is 5.97 Å². The average molecular weight is 310 g/mol. The van der Waals surface area contributed by atoms with Gasteiger partial charge in [0.2, 0.25) is 0 Å². The van der Waals surface area contributed by atoms with E-state index in [0.29, 0.717) is 11.3 Å². The van der Waals surface area contributed by atoms with Crippen molar-refractivity contribution >= 4 is 40.5 Å². The Morgan fingerprint density at radius 3 is 2.40 bits per heavy atom. The maximum atomic E-state index is 12.1. The van der Waals surface area contributed by atoms with Gasteiger partial charge in [0.05, 0.1) is 16.1 Å². The van der Waals surface area contributed by atoms with Crippen LogP contribution < -0.4 is 5.32 Å². The number of halogens is 1. The summed E-state index contributed by atoms with van der Waals surface area (Å²) in [5, 5.41) is 11.7. The molecule has 0 spiro atoms. The molecule has 0 saturated carbocycles. The first kappa shape index (κ1) is 14.6. The lowest BCUT2D eigenvalue weighted by Crippen LogP contribution is -2.12. The number of carboxylic acids is 1. The van der Waals surface area contributed by atoms with Crippen LogP contribution in [0.1, 0.15) is 30.5 Å². The fourth-order valence-electron chi connectivity index (χ4n) is 1.82. The van der Waals surface area contributed by atoms with E-state index < -0.39 is 5.97 Å². The minimum absolute atomic E-state index is 0.00669. The number of carbonyl (C=O) groups is 2. The Kier molecular flexibility index (Phi) is 4.11. The summed E-state index contributed by atoms with van der Waals surface area (Å²) in [4.78, 5) is 25.0. The van der Waals surface area contributed by atoms with Crippen LogP contribution in [-0.2, 0) is 0 Å². The van der Waals surface area contributed by atoms with E-state index in [1.165, 1.54) is 18.2 Å². The number of aromatic carboxylic acids is 1. The molecule has 1 aromatic carbocycles. The Hall–Kier alpha value is -1.85. The maximum Gasteiger partial charge on any atom is 0.337 e. The van der Waals surface area contributed by atoms with Crippen LogP contribution in [0.3, 0.4) is 0 Å². The Labute approximate surface area is 125 Å². The van der Waals surface area contributed by atoms with Gasteiger partial charge in [-0.05, 0) is 38.1 Å². The van der Waals surface area contributed by atoms with Gasteiger partial charge < -0.3 is 10.4 Å². The molecule has 0 aliphatic heterocycles. The third kappa shape index (κ3) is 3.00. The summed E-state index contributed by atoms with van der Waals surface area (Å²) in [5.74, 6) is -1.33. The van der Waals surface area contributed by atoms with Crippen molar-refractivity contribution in [2.45, 2.75) is 13.8 Å². The van der Waals surface area contributed by atoms with Gasteiger partial charge in [-0.25, -0.2) is 4.79 Å². The van der Waals surface area contributed by atoms with Crippen LogP contribution in [0.15, 0.2) is 24.3 Å². The van der Waals surface area contributed by atoms with Crippen molar-refractivity contribution in [3.05, 3.63) is 50.2 Å². The summed E-state index contributed by atoms with van der Waals surface area (Å²) in [7, 11) is 0. The number of amides is 1. The molecule has 0 unspecified atom stereocenters. The molecule has 0 atom stereocenters. The highest BCUT2D eigenvalue weighted by Crippen LogP contribution is 2.24.